The minimum atomic E-state index is 0.0550. The van der Waals surface area contributed by atoms with Gasteiger partial charge in [0.1, 0.15) is 11.4 Å². The summed E-state index contributed by atoms with van der Waals surface area (Å²) in [5.74, 6) is 0.348. The summed E-state index contributed by atoms with van der Waals surface area (Å²) in [6.45, 7) is 2.64. The van der Waals surface area contributed by atoms with Gasteiger partial charge in [-0.25, -0.2) is 14.6 Å². The molecule has 6 nitrogen and oxygen atoms in total. The molecule has 0 radical (unpaired) electrons. The molecule has 4 rings (SSSR count). The van der Waals surface area contributed by atoms with E-state index in [1.165, 1.54) is 23.7 Å². The minimum Gasteiger partial charge on any atom is -0.293 e. The normalized spacial score (nSPS) is 11.0. The molecule has 7 heteroatoms. The van der Waals surface area contributed by atoms with E-state index < -0.39 is 0 Å². The fourth-order valence-electron chi connectivity index (χ4n) is 2.69. The number of rotatable bonds is 6. The fraction of sp³-hybridized carbons (Fsp3) is 0.150. The zero-order valence-corrected chi connectivity index (χ0v) is 15.6. The Labute approximate surface area is 160 Å². The highest BCUT2D eigenvalue weighted by molar-refractivity contribution is 8.00. The Morgan fingerprint density at radius 3 is 2.59 bits per heavy atom. The van der Waals surface area contributed by atoms with Crippen molar-refractivity contribution in [1.29, 1.82) is 0 Å². The molecule has 0 unspecified atom stereocenters. The number of carbonyl (C=O) groups excluding carboxylic acids is 1. The molecule has 2 heterocycles. The van der Waals surface area contributed by atoms with Gasteiger partial charge in [-0.1, -0.05) is 77.1 Å². The summed E-state index contributed by atoms with van der Waals surface area (Å²) in [6, 6.07) is 17.5. The van der Waals surface area contributed by atoms with E-state index in [0.717, 1.165) is 5.56 Å². The molecule has 2 aromatic heterocycles. The first-order chi connectivity index (χ1) is 13.2. The van der Waals surface area contributed by atoms with Crippen molar-refractivity contribution >= 4 is 28.7 Å². The van der Waals surface area contributed by atoms with E-state index in [-0.39, 0.29) is 5.78 Å². The lowest BCUT2D eigenvalue weighted by molar-refractivity contribution is 0.102. The molecule has 0 aliphatic rings. The Bertz CT molecular complexity index is 1080. The van der Waals surface area contributed by atoms with Crippen molar-refractivity contribution in [1.82, 2.24) is 25.0 Å². The standard InChI is InChI=1S/C20H17N5OS/c1-14-7-9-15(10-8-14)11-25-19-18(23-24-25)20(22-13-21-19)27-12-17(26)16-5-3-2-4-6-16/h2-10,13H,11-12H2,1H3. The van der Waals surface area contributed by atoms with Gasteiger partial charge in [0, 0.05) is 5.56 Å². The molecule has 0 aliphatic carbocycles. The zero-order chi connectivity index (χ0) is 18.6. The predicted octanol–water partition coefficient (Wildman–Crippen LogP) is 3.55. The SMILES string of the molecule is Cc1ccc(Cn2nnc3c(SCC(=O)c4ccccc4)ncnc32)cc1. The molecule has 0 atom stereocenters. The Kier molecular flexibility index (Phi) is 4.93. The molecule has 0 N–H and O–H groups in total. The number of ketones is 1. The second-order valence-electron chi connectivity index (χ2n) is 6.16. The highest BCUT2D eigenvalue weighted by Crippen LogP contribution is 2.23. The van der Waals surface area contributed by atoms with Gasteiger partial charge in [0.15, 0.2) is 16.9 Å². The van der Waals surface area contributed by atoms with Crippen LogP contribution in [0.2, 0.25) is 0 Å². The van der Waals surface area contributed by atoms with E-state index >= 15 is 0 Å². The van der Waals surface area contributed by atoms with Crippen molar-refractivity contribution in [2.45, 2.75) is 18.5 Å². The van der Waals surface area contributed by atoms with Crippen LogP contribution in [0, 0.1) is 6.92 Å². The number of nitrogens with zero attached hydrogens (tertiary/aromatic N) is 5. The van der Waals surface area contributed by atoms with E-state index in [9.17, 15) is 4.79 Å². The number of hydrogen-bond acceptors (Lipinski definition) is 6. The lowest BCUT2D eigenvalue weighted by atomic mass is 10.1. The van der Waals surface area contributed by atoms with Gasteiger partial charge in [0.2, 0.25) is 0 Å². The molecule has 4 aromatic rings. The molecule has 134 valence electrons. The molecular weight excluding hydrogens is 358 g/mol. The molecule has 0 fully saturated rings. The van der Waals surface area contributed by atoms with Crippen LogP contribution < -0.4 is 0 Å². The van der Waals surface area contributed by atoms with Gasteiger partial charge in [0.05, 0.1) is 12.3 Å². The summed E-state index contributed by atoms with van der Waals surface area (Å²) >= 11 is 1.36. The fourth-order valence-corrected chi connectivity index (χ4v) is 3.52. The summed E-state index contributed by atoms with van der Waals surface area (Å²) in [6.07, 6.45) is 1.49. The first kappa shape index (κ1) is 17.4. The highest BCUT2D eigenvalue weighted by Gasteiger charge is 2.14. The third-order valence-electron chi connectivity index (χ3n) is 4.16. The van der Waals surface area contributed by atoms with Gasteiger partial charge in [-0.05, 0) is 12.5 Å². The lowest BCUT2D eigenvalue weighted by Crippen LogP contribution is -2.04. The molecule has 0 bridgehead atoms. The smallest absolute Gasteiger partial charge is 0.183 e. The Hall–Kier alpha value is -3.06. The molecular formula is C20H17N5OS. The third kappa shape index (κ3) is 3.88. The van der Waals surface area contributed by atoms with Gasteiger partial charge in [0.25, 0.3) is 0 Å². The van der Waals surface area contributed by atoms with Gasteiger partial charge in [-0.2, -0.15) is 0 Å². The van der Waals surface area contributed by atoms with Crippen molar-refractivity contribution in [3.05, 3.63) is 77.6 Å². The summed E-state index contributed by atoms with van der Waals surface area (Å²) < 4.78 is 1.75. The van der Waals surface area contributed by atoms with E-state index in [1.54, 1.807) is 4.68 Å². The number of fused-ring (bicyclic) bond motifs is 1. The maximum Gasteiger partial charge on any atom is 0.183 e. The van der Waals surface area contributed by atoms with Crippen molar-refractivity contribution in [3.63, 3.8) is 0 Å². The third-order valence-corrected chi connectivity index (χ3v) is 5.13. The molecule has 0 aliphatic heterocycles. The van der Waals surface area contributed by atoms with Gasteiger partial charge >= 0.3 is 0 Å². The van der Waals surface area contributed by atoms with E-state index in [1.807, 2.05) is 30.3 Å². The van der Waals surface area contributed by atoms with Crippen LogP contribution in [-0.4, -0.2) is 36.5 Å². The molecule has 2 aromatic carbocycles. The van der Waals surface area contributed by atoms with Crippen molar-refractivity contribution in [2.75, 3.05) is 5.75 Å². The van der Waals surface area contributed by atoms with Gasteiger partial charge in [-0.15, -0.1) is 5.10 Å². The Morgan fingerprint density at radius 2 is 1.81 bits per heavy atom. The zero-order valence-electron chi connectivity index (χ0n) is 14.7. The quantitative estimate of drug-likeness (QED) is 0.291. The number of aryl methyl sites for hydroxylation is 1. The molecule has 0 saturated heterocycles. The first-order valence-corrected chi connectivity index (χ1v) is 9.50. The molecule has 27 heavy (non-hydrogen) atoms. The largest absolute Gasteiger partial charge is 0.293 e. The predicted molar refractivity (Wildman–Crippen MR) is 105 cm³/mol. The van der Waals surface area contributed by atoms with Crippen LogP contribution in [0.1, 0.15) is 21.5 Å². The molecule has 0 saturated carbocycles. The van der Waals surface area contributed by atoms with E-state index in [0.29, 0.717) is 34.1 Å². The second kappa shape index (κ2) is 7.67. The number of thioether (sulfide) groups is 1. The number of benzene rings is 2. The Morgan fingerprint density at radius 1 is 1.04 bits per heavy atom. The van der Waals surface area contributed by atoms with Crippen molar-refractivity contribution < 1.29 is 4.79 Å². The minimum absolute atomic E-state index is 0.0550. The van der Waals surface area contributed by atoms with E-state index in [4.69, 9.17) is 0 Å². The second-order valence-corrected chi connectivity index (χ2v) is 7.13. The number of aromatic nitrogens is 5. The maximum atomic E-state index is 12.3. The molecule has 0 amide bonds. The van der Waals surface area contributed by atoms with Crippen LogP contribution in [0.5, 0.6) is 0 Å². The summed E-state index contributed by atoms with van der Waals surface area (Å²) in [4.78, 5) is 20.9. The average Bonchev–Trinajstić information content (AvgIpc) is 3.12. The van der Waals surface area contributed by atoms with E-state index in [2.05, 4.69) is 51.5 Å². The van der Waals surface area contributed by atoms with Crippen LogP contribution in [0.15, 0.2) is 66.0 Å². The lowest BCUT2D eigenvalue weighted by Gasteiger charge is -2.04. The Balaban J connectivity index is 1.53. The summed E-state index contributed by atoms with van der Waals surface area (Å²) in [7, 11) is 0. The number of Topliss-reactive ketones (excluding diaryl/α,β-unsaturated/α-hetero) is 1. The topological polar surface area (TPSA) is 73.6 Å². The van der Waals surface area contributed by atoms with Crippen molar-refractivity contribution in [2.24, 2.45) is 0 Å². The molecule has 0 spiro atoms. The van der Waals surface area contributed by atoms with Crippen molar-refractivity contribution in [3.8, 4) is 0 Å². The van der Waals surface area contributed by atoms with Gasteiger partial charge < -0.3 is 0 Å². The summed E-state index contributed by atoms with van der Waals surface area (Å²) in [5, 5.41) is 9.13. The number of hydrogen-bond donors (Lipinski definition) is 0. The van der Waals surface area contributed by atoms with Crippen LogP contribution in [0.4, 0.5) is 0 Å². The maximum absolute atomic E-state index is 12.3. The van der Waals surface area contributed by atoms with Crippen LogP contribution in [0.25, 0.3) is 11.2 Å². The first-order valence-electron chi connectivity index (χ1n) is 8.51. The van der Waals surface area contributed by atoms with Crippen LogP contribution >= 0.6 is 11.8 Å². The monoisotopic (exact) mass is 375 g/mol. The van der Waals surface area contributed by atoms with Crippen LogP contribution in [-0.2, 0) is 6.54 Å². The van der Waals surface area contributed by atoms with Gasteiger partial charge in [-0.3, -0.25) is 4.79 Å². The van der Waals surface area contributed by atoms with Crippen LogP contribution in [0.3, 0.4) is 0 Å². The average molecular weight is 375 g/mol. The highest BCUT2D eigenvalue weighted by atomic mass is 32.2. The number of carbonyl (C=O) groups is 1. The summed E-state index contributed by atoms with van der Waals surface area (Å²) in [5.41, 5.74) is 4.32.